The Bertz CT molecular complexity index is 1050. The van der Waals surface area contributed by atoms with Crippen LogP contribution in [0.2, 0.25) is 0 Å². The zero-order valence-electron chi connectivity index (χ0n) is 15.6. The third kappa shape index (κ3) is 3.64. The molecule has 0 aliphatic rings. The molecule has 1 atom stereocenters. The summed E-state index contributed by atoms with van der Waals surface area (Å²) in [6.07, 6.45) is 3.91. The smallest absolute Gasteiger partial charge is 0.221 e. The van der Waals surface area contributed by atoms with E-state index in [1.54, 1.807) is 13.4 Å². The normalized spacial score (nSPS) is 12.0. The van der Waals surface area contributed by atoms with E-state index in [0.29, 0.717) is 13.0 Å². The molecule has 142 valence electrons. The number of methoxy groups -OCH3 is 1. The van der Waals surface area contributed by atoms with E-state index in [1.165, 1.54) is 0 Å². The third-order valence-corrected chi connectivity index (χ3v) is 4.92. The number of fused-ring (bicyclic) bond motifs is 1. The number of rotatable bonds is 7. The maximum Gasteiger partial charge on any atom is 0.221 e. The molecule has 0 saturated heterocycles. The summed E-state index contributed by atoms with van der Waals surface area (Å²) in [6, 6.07) is 19.6. The molecule has 28 heavy (non-hydrogen) atoms. The van der Waals surface area contributed by atoms with E-state index in [-0.39, 0.29) is 11.8 Å². The Labute approximate surface area is 163 Å². The first-order valence-electron chi connectivity index (χ1n) is 9.24. The summed E-state index contributed by atoms with van der Waals surface area (Å²) >= 11 is 0. The highest BCUT2D eigenvalue weighted by Crippen LogP contribution is 2.37. The number of carbonyl (C=O) groups excluding carboxylic acids is 1. The van der Waals surface area contributed by atoms with Gasteiger partial charge >= 0.3 is 0 Å². The SMILES string of the molecule is COc1cccc2[nH]cc(C(CC(=O)NCc3ccco3)c3ccccc3)c12. The van der Waals surface area contributed by atoms with Crippen LogP contribution in [0.5, 0.6) is 5.75 Å². The molecule has 0 radical (unpaired) electrons. The van der Waals surface area contributed by atoms with E-state index in [0.717, 1.165) is 33.5 Å². The zero-order chi connectivity index (χ0) is 19.3. The Kier molecular flexibility index (Phi) is 5.15. The topological polar surface area (TPSA) is 67.3 Å². The van der Waals surface area contributed by atoms with Crippen molar-refractivity contribution in [1.82, 2.24) is 10.3 Å². The van der Waals surface area contributed by atoms with Crippen molar-refractivity contribution in [3.63, 3.8) is 0 Å². The van der Waals surface area contributed by atoms with Gasteiger partial charge < -0.3 is 19.5 Å². The van der Waals surface area contributed by atoms with Crippen LogP contribution in [-0.4, -0.2) is 18.0 Å². The van der Waals surface area contributed by atoms with Crippen molar-refractivity contribution in [3.8, 4) is 5.75 Å². The highest BCUT2D eigenvalue weighted by Gasteiger charge is 2.23. The molecule has 0 fully saturated rings. The molecule has 0 aliphatic carbocycles. The first kappa shape index (κ1) is 17.9. The van der Waals surface area contributed by atoms with Crippen molar-refractivity contribution < 1.29 is 13.9 Å². The molecule has 0 aliphatic heterocycles. The summed E-state index contributed by atoms with van der Waals surface area (Å²) < 4.78 is 10.9. The summed E-state index contributed by atoms with van der Waals surface area (Å²) in [5.41, 5.74) is 3.13. The molecule has 0 bridgehead atoms. The van der Waals surface area contributed by atoms with Gasteiger partial charge in [0.1, 0.15) is 11.5 Å². The van der Waals surface area contributed by atoms with Gasteiger partial charge in [-0.1, -0.05) is 36.4 Å². The van der Waals surface area contributed by atoms with E-state index in [2.05, 4.69) is 22.4 Å². The maximum atomic E-state index is 12.7. The van der Waals surface area contributed by atoms with Crippen molar-refractivity contribution in [2.24, 2.45) is 0 Å². The molecule has 5 heteroatoms. The Balaban J connectivity index is 1.66. The van der Waals surface area contributed by atoms with Gasteiger partial charge in [-0.2, -0.15) is 0 Å². The van der Waals surface area contributed by atoms with E-state index in [1.807, 2.05) is 54.7 Å². The molecule has 1 amide bonds. The van der Waals surface area contributed by atoms with E-state index in [9.17, 15) is 4.79 Å². The number of amides is 1. The number of carbonyl (C=O) groups is 1. The Morgan fingerprint density at radius 3 is 2.71 bits per heavy atom. The number of H-pyrrole nitrogens is 1. The van der Waals surface area contributed by atoms with Crippen LogP contribution in [-0.2, 0) is 11.3 Å². The average Bonchev–Trinajstić information content (AvgIpc) is 3.41. The second kappa shape index (κ2) is 8.05. The Morgan fingerprint density at radius 2 is 1.96 bits per heavy atom. The summed E-state index contributed by atoms with van der Waals surface area (Å²) in [4.78, 5) is 16.0. The molecular formula is C23H22N2O3. The number of ether oxygens (including phenoxy) is 1. The fourth-order valence-corrected chi connectivity index (χ4v) is 3.57. The Morgan fingerprint density at radius 1 is 1.11 bits per heavy atom. The molecule has 2 aromatic heterocycles. The fraction of sp³-hybridized carbons (Fsp3) is 0.174. The summed E-state index contributed by atoms with van der Waals surface area (Å²) in [5, 5.41) is 3.96. The highest BCUT2D eigenvalue weighted by molar-refractivity contribution is 5.91. The highest BCUT2D eigenvalue weighted by atomic mass is 16.5. The van der Waals surface area contributed by atoms with E-state index in [4.69, 9.17) is 9.15 Å². The second-order valence-corrected chi connectivity index (χ2v) is 6.65. The lowest BCUT2D eigenvalue weighted by atomic mass is 9.88. The molecule has 2 heterocycles. The predicted molar refractivity (Wildman–Crippen MR) is 108 cm³/mol. The monoisotopic (exact) mass is 374 g/mol. The van der Waals surface area contributed by atoms with Crippen molar-refractivity contribution in [1.29, 1.82) is 0 Å². The molecule has 0 spiro atoms. The van der Waals surface area contributed by atoms with Gasteiger partial charge in [-0.25, -0.2) is 0 Å². The lowest BCUT2D eigenvalue weighted by molar-refractivity contribution is -0.121. The molecule has 4 aromatic rings. The number of nitrogens with one attached hydrogen (secondary N) is 2. The number of aromatic amines is 1. The fourth-order valence-electron chi connectivity index (χ4n) is 3.57. The molecule has 2 aromatic carbocycles. The molecule has 0 saturated carbocycles. The van der Waals surface area contributed by atoms with Crippen molar-refractivity contribution in [3.05, 3.63) is 90.0 Å². The van der Waals surface area contributed by atoms with Gasteiger partial charge in [0.25, 0.3) is 0 Å². The molecule has 4 rings (SSSR count). The summed E-state index contributed by atoms with van der Waals surface area (Å²) in [6.45, 7) is 0.380. The van der Waals surface area contributed by atoms with Crippen LogP contribution in [0.4, 0.5) is 0 Å². The van der Waals surface area contributed by atoms with Crippen LogP contribution in [0.1, 0.15) is 29.2 Å². The number of aromatic nitrogens is 1. The number of benzene rings is 2. The minimum absolute atomic E-state index is 0.0329. The van der Waals surface area contributed by atoms with Gasteiger partial charge in [0, 0.05) is 29.4 Å². The first-order chi connectivity index (χ1) is 13.8. The van der Waals surface area contributed by atoms with Crippen molar-refractivity contribution in [2.75, 3.05) is 7.11 Å². The standard InChI is InChI=1S/C23H22N2O3/c1-27-21-11-5-10-20-23(21)19(15-24-20)18(16-7-3-2-4-8-16)13-22(26)25-14-17-9-6-12-28-17/h2-12,15,18,24H,13-14H2,1H3,(H,25,26). The lowest BCUT2D eigenvalue weighted by Gasteiger charge is -2.18. The summed E-state index contributed by atoms with van der Waals surface area (Å²) in [5.74, 6) is 1.40. The third-order valence-electron chi connectivity index (χ3n) is 4.92. The number of hydrogen-bond acceptors (Lipinski definition) is 3. The van der Waals surface area contributed by atoms with Crippen LogP contribution in [0, 0.1) is 0 Å². The van der Waals surface area contributed by atoms with Crippen LogP contribution in [0.15, 0.2) is 77.5 Å². The average molecular weight is 374 g/mol. The minimum Gasteiger partial charge on any atom is -0.496 e. The number of furan rings is 1. The van der Waals surface area contributed by atoms with Gasteiger partial charge in [-0.3, -0.25) is 4.79 Å². The molecule has 2 N–H and O–H groups in total. The maximum absolute atomic E-state index is 12.7. The van der Waals surface area contributed by atoms with Crippen molar-refractivity contribution in [2.45, 2.75) is 18.9 Å². The largest absolute Gasteiger partial charge is 0.496 e. The van der Waals surface area contributed by atoms with Crippen molar-refractivity contribution >= 4 is 16.8 Å². The first-order valence-corrected chi connectivity index (χ1v) is 9.24. The van der Waals surface area contributed by atoms with E-state index < -0.39 is 0 Å². The quantitative estimate of drug-likeness (QED) is 0.496. The van der Waals surface area contributed by atoms with Crippen LogP contribution < -0.4 is 10.1 Å². The van der Waals surface area contributed by atoms with Crippen LogP contribution in [0.25, 0.3) is 10.9 Å². The Hall–Kier alpha value is -3.47. The van der Waals surface area contributed by atoms with Gasteiger partial charge in [-0.15, -0.1) is 0 Å². The summed E-state index contributed by atoms with van der Waals surface area (Å²) in [7, 11) is 1.67. The predicted octanol–water partition coefficient (Wildman–Crippen LogP) is 4.61. The minimum atomic E-state index is -0.0946. The second-order valence-electron chi connectivity index (χ2n) is 6.65. The van der Waals surface area contributed by atoms with Gasteiger partial charge in [-0.05, 0) is 35.4 Å². The van der Waals surface area contributed by atoms with Gasteiger partial charge in [0.2, 0.25) is 5.91 Å². The van der Waals surface area contributed by atoms with Gasteiger partial charge in [0.05, 0.1) is 19.9 Å². The van der Waals surface area contributed by atoms with Crippen LogP contribution >= 0.6 is 0 Å². The lowest BCUT2D eigenvalue weighted by Crippen LogP contribution is -2.24. The van der Waals surface area contributed by atoms with Gasteiger partial charge in [0.15, 0.2) is 0 Å². The molecule has 1 unspecified atom stereocenters. The molecule has 5 nitrogen and oxygen atoms in total. The number of hydrogen-bond donors (Lipinski definition) is 2. The van der Waals surface area contributed by atoms with E-state index >= 15 is 0 Å². The zero-order valence-corrected chi connectivity index (χ0v) is 15.6. The van der Waals surface area contributed by atoms with Crippen LogP contribution in [0.3, 0.4) is 0 Å². The molecular weight excluding hydrogens is 352 g/mol.